The lowest BCUT2D eigenvalue weighted by atomic mass is 9.97. The third-order valence-electron chi connectivity index (χ3n) is 4.97. The molecule has 0 aliphatic carbocycles. The second kappa shape index (κ2) is 9.44. The molecule has 0 saturated carbocycles. The van der Waals surface area contributed by atoms with Crippen LogP contribution >= 0.6 is 0 Å². The zero-order valence-corrected chi connectivity index (χ0v) is 18.0. The lowest BCUT2D eigenvalue weighted by Gasteiger charge is -2.35. The van der Waals surface area contributed by atoms with E-state index < -0.39 is 47.2 Å². The number of rotatable bonds is 7. The van der Waals surface area contributed by atoms with Gasteiger partial charge in [-0.3, -0.25) is 14.9 Å². The Morgan fingerprint density at radius 3 is 2.50 bits per heavy atom. The molecule has 2 amide bonds. The van der Waals surface area contributed by atoms with Crippen molar-refractivity contribution in [1.29, 1.82) is 0 Å². The molecule has 3 rings (SSSR count). The van der Waals surface area contributed by atoms with Crippen molar-refractivity contribution in [3.05, 3.63) is 70.8 Å². The number of hydrogen-bond acceptors (Lipinski definition) is 5. The van der Waals surface area contributed by atoms with Crippen LogP contribution < -0.4 is 16.0 Å². The Hall–Kier alpha value is -3.33. The van der Waals surface area contributed by atoms with Gasteiger partial charge in [-0.25, -0.2) is 13.6 Å². The lowest BCUT2D eigenvalue weighted by Crippen LogP contribution is -2.60. The van der Waals surface area contributed by atoms with Gasteiger partial charge in [0.1, 0.15) is 30.3 Å². The molecule has 1 heterocycles. The molecule has 0 radical (unpaired) electrons. The van der Waals surface area contributed by atoms with Crippen molar-refractivity contribution < 1.29 is 27.9 Å². The molecule has 2 unspecified atom stereocenters. The third-order valence-corrected chi connectivity index (χ3v) is 4.97. The van der Waals surface area contributed by atoms with Crippen LogP contribution in [0.25, 0.3) is 0 Å². The molecule has 32 heavy (non-hydrogen) atoms. The van der Waals surface area contributed by atoms with Crippen LogP contribution in [0, 0.1) is 11.6 Å². The molecule has 0 fully saturated rings. The molecular formula is C23H25F2N3O4. The minimum Gasteiger partial charge on any atom is -0.459 e. The summed E-state index contributed by atoms with van der Waals surface area (Å²) in [5.41, 5.74) is 0.788. The van der Waals surface area contributed by atoms with Crippen LogP contribution in [0.3, 0.4) is 0 Å². The summed E-state index contributed by atoms with van der Waals surface area (Å²) in [7, 11) is 0. The fraction of sp³-hybridized carbons (Fsp3) is 0.348. The van der Waals surface area contributed by atoms with Crippen LogP contribution in [0.2, 0.25) is 0 Å². The van der Waals surface area contributed by atoms with E-state index in [9.17, 15) is 23.2 Å². The van der Waals surface area contributed by atoms with Crippen molar-refractivity contribution in [2.24, 2.45) is 0 Å². The number of hydrogen-bond donors (Lipinski definition) is 3. The molecule has 0 bridgehead atoms. The highest BCUT2D eigenvalue weighted by molar-refractivity contribution is 5.88. The van der Waals surface area contributed by atoms with E-state index in [4.69, 9.17) is 4.74 Å². The zero-order valence-electron chi connectivity index (χ0n) is 18.0. The molecule has 0 spiro atoms. The summed E-state index contributed by atoms with van der Waals surface area (Å²) in [5, 5.41) is 8.34. The largest absolute Gasteiger partial charge is 0.459 e. The van der Waals surface area contributed by atoms with Crippen LogP contribution in [-0.4, -0.2) is 29.5 Å². The fourth-order valence-electron chi connectivity index (χ4n) is 3.51. The van der Waals surface area contributed by atoms with Crippen molar-refractivity contribution >= 4 is 17.8 Å². The number of fused-ring (bicyclic) bond motifs is 1. The average molecular weight is 445 g/mol. The predicted octanol–water partition coefficient (Wildman–Crippen LogP) is 2.25. The average Bonchev–Trinajstić information content (AvgIpc) is 2.68. The molecule has 2 aromatic carbocycles. The number of benzene rings is 2. The first-order valence-electron chi connectivity index (χ1n) is 10.1. The minimum absolute atomic E-state index is 0.157. The van der Waals surface area contributed by atoms with Crippen LogP contribution in [0.15, 0.2) is 42.5 Å². The molecule has 1 aliphatic heterocycles. The number of halogens is 2. The van der Waals surface area contributed by atoms with Gasteiger partial charge in [0.2, 0.25) is 11.8 Å². The van der Waals surface area contributed by atoms with Crippen molar-refractivity contribution in [2.75, 3.05) is 0 Å². The Bertz CT molecular complexity index is 1020. The Morgan fingerprint density at radius 2 is 1.81 bits per heavy atom. The second-order valence-electron chi connectivity index (χ2n) is 8.24. The van der Waals surface area contributed by atoms with Crippen LogP contribution in [0.1, 0.15) is 43.5 Å². The monoisotopic (exact) mass is 445 g/mol. The molecule has 0 saturated heterocycles. The Labute approximate surface area is 184 Å². The summed E-state index contributed by atoms with van der Waals surface area (Å²) < 4.78 is 31.8. The van der Waals surface area contributed by atoms with Crippen LogP contribution in [0.4, 0.5) is 8.78 Å². The maximum atomic E-state index is 13.3. The number of cyclic esters (lactones) is 1. The van der Waals surface area contributed by atoms with Gasteiger partial charge in [-0.05, 0) is 49.6 Å². The lowest BCUT2D eigenvalue weighted by molar-refractivity contribution is -0.150. The second-order valence-corrected chi connectivity index (χ2v) is 8.24. The third kappa shape index (κ3) is 5.88. The standard InChI is InChI=1S/C23H25F2N3O4/c1-13(26-19(29)10-14-8-16(24)11-17(25)9-14)21(30)28-23(2,3)27-20-18-7-5-4-6-15(18)12-32-22(20)31/h4-9,11,13,20,27H,10,12H2,1-3H3,(H,26,29)(H,28,30). The molecule has 170 valence electrons. The number of carbonyl (C=O) groups excluding carboxylic acids is 3. The van der Waals surface area contributed by atoms with Crippen molar-refractivity contribution in [2.45, 2.75) is 51.5 Å². The number of nitrogens with one attached hydrogen (secondary N) is 3. The minimum atomic E-state index is -1.02. The number of ether oxygens (including phenoxy) is 1. The van der Waals surface area contributed by atoms with Crippen molar-refractivity contribution in [3.8, 4) is 0 Å². The van der Waals surface area contributed by atoms with Crippen molar-refractivity contribution in [3.63, 3.8) is 0 Å². The molecule has 7 nitrogen and oxygen atoms in total. The van der Waals surface area contributed by atoms with Gasteiger partial charge in [-0.2, -0.15) is 0 Å². The van der Waals surface area contributed by atoms with Gasteiger partial charge in [0.25, 0.3) is 0 Å². The maximum absolute atomic E-state index is 13.3. The first-order chi connectivity index (χ1) is 15.0. The summed E-state index contributed by atoms with van der Waals surface area (Å²) in [4.78, 5) is 37.1. The number of carbonyl (C=O) groups is 3. The fourth-order valence-corrected chi connectivity index (χ4v) is 3.51. The first kappa shape index (κ1) is 23.3. The van der Waals surface area contributed by atoms with Gasteiger partial charge in [0, 0.05) is 6.07 Å². The molecule has 9 heteroatoms. The summed E-state index contributed by atoms with van der Waals surface area (Å²) in [6.07, 6.45) is -0.279. The highest BCUT2D eigenvalue weighted by atomic mass is 19.1. The Kier molecular flexibility index (Phi) is 6.88. The molecule has 3 N–H and O–H groups in total. The number of esters is 1. The molecule has 2 atom stereocenters. The van der Waals surface area contributed by atoms with E-state index in [1.54, 1.807) is 13.8 Å². The van der Waals surface area contributed by atoms with Gasteiger partial charge in [0.15, 0.2) is 0 Å². The van der Waals surface area contributed by atoms with E-state index >= 15 is 0 Å². The van der Waals surface area contributed by atoms with Gasteiger partial charge in [-0.15, -0.1) is 0 Å². The quantitative estimate of drug-likeness (QED) is 0.449. The highest BCUT2D eigenvalue weighted by Gasteiger charge is 2.35. The predicted molar refractivity (Wildman–Crippen MR) is 112 cm³/mol. The normalized spacial score (nSPS) is 16.5. The number of amides is 2. The molecular weight excluding hydrogens is 420 g/mol. The summed E-state index contributed by atoms with van der Waals surface area (Å²) in [5.74, 6) is -3.08. The van der Waals surface area contributed by atoms with Gasteiger partial charge in [0.05, 0.1) is 12.1 Å². The first-order valence-corrected chi connectivity index (χ1v) is 10.1. The van der Waals surface area contributed by atoms with E-state index in [2.05, 4.69) is 16.0 Å². The van der Waals surface area contributed by atoms with Gasteiger partial charge >= 0.3 is 5.97 Å². The SMILES string of the molecule is CC(NC(=O)Cc1cc(F)cc(F)c1)C(=O)NC(C)(C)NC1C(=O)OCc2ccccc21. The Balaban J connectivity index is 1.59. The summed E-state index contributed by atoms with van der Waals surface area (Å²) >= 11 is 0. The Morgan fingerprint density at radius 1 is 1.16 bits per heavy atom. The van der Waals surface area contributed by atoms with E-state index in [-0.39, 0.29) is 18.6 Å². The van der Waals surface area contributed by atoms with E-state index in [0.29, 0.717) is 6.07 Å². The smallest absolute Gasteiger partial charge is 0.328 e. The van der Waals surface area contributed by atoms with E-state index in [1.807, 2.05) is 24.3 Å². The van der Waals surface area contributed by atoms with E-state index in [0.717, 1.165) is 23.3 Å². The van der Waals surface area contributed by atoms with Crippen LogP contribution in [0.5, 0.6) is 0 Å². The maximum Gasteiger partial charge on any atom is 0.328 e. The molecule has 1 aliphatic rings. The molecule has 2 aromatic rings. The summed E-state index contributed by atoms with van der Waals surface area (Å²) in [6, 6.07) is 8.50. The highest BCUT2D eigenvalue weighted by Crippen LogP contribution is 2.27. The van der Waals surface area contributed by atoms with Gasteiger partial charge < -0.3 is 15.4 Å². The summed E-state index contributed by atoms with van der Waals surface area (Å²) in [6.45, 7) is 5.04. The topological polar surface area (TPSA) is 96.5 Å². The molecule has 0 aromatic heterocycles. The van der Waals surface area contributed by atoms with E-state index in [1.165, 1.54) is 6.92 Å². The van der Waals surface area contributed by atoms with Crippen LogP contribution in [-0.2, 0) is 32.1 Å². The zero-order chi connectivity index (χ0) is 23.5. The van der Waals surface area contributed by atoms with Gasteiger partial charge in [-0.1, -0.05) is 24.3 Å². The van der Waals surface area contributed by atoms with Crippen molar-refractivity contribution in [1.82, 2.24) is 16.0 Å².